The van der Waals surface area contributed by atoms with Gasteiger partial charge in [0.25, 0.3) is 5.56 Å². The van der Waals surface area contributed by atoms with Crippen molar-refractivity contribution in [1.29, 1.82) is 5.26 Å². The summed E-state index contributed by atoms with van der Waals surface area (Å²) < 4.78 is 1.71. The molecular weight excluding hydrogens is 200 g/mol. The van der Waals surface area contributed by atoms with Crippen molar-refractivity contribution in [1.82, 2.24) is 4.57 Å². The van der Waals surface area contributed by atoms with Gasteiger partial charge in [-0.2, -0.15) is 5.26 Å². The zero-order valence-corrected chi connectivity index (χ0v) is 10.5. The Bertz CT molecular complexity index is 484. The second kappa shape index (κ2) is 4.13. The Balaban J connectivity index is 3.62. The summed E-state index contributed by atoms with van der Waals surface area (Å²) in [5.41, 5.74) is 0.885. The molecule has 0 aliphatic heterocycles. The van der Waals surface area contributed by atoms with Gasteiger partial charge in [-0.1, -0.05) is 20.8 Å². The van der Waals surface area contributed by atoms with Crippen LogP contribution in [-0.4, -0.2) is 4.57 Å². The highest BCUT2D eigenvalue weighted by Gasteiger charge is 2.21. The second-order valence-corrected chi connectivity index (χ2v) is 5.26. The van der Waals surface area contributed by atoms with E-state index < -0.39 is 0 Å². The van der Waals surface area contributed by atoms with E-state index in [1.54, 1.807) is 10.6 Å². The van der Waals surface area contributed by atoms with E-state index >= 15 is 0 Å². The van der Waals surface area contributed by atoms with Gasteiger partial charge in [-0.15, -0.1) is 0 Å². The Kier molecular flexibility index (Phi) is 3.23. The van der Waals surface area contributed by atoms with Crippen LogP contribution in [0.4, 0.5) is 0 Å². The molecule has 0 atom stereocenters. The normalized spacial score (nSPS) is 11.6. The lowest BCUT2D eigenvalue weighted by Crippen LogP contribution is -2.32. The van der Waals surface area contributed by atoms with E-state index in [1.165, 1.54) is 0 Å². The summed E-state index contributed by atoms with van der Waals surface area (Å²) in [4.78, 5) is 12.0. The quantitative estimate of drug-likeness (QED) is 0.727. The van der Waals surface area contributed by atoms with E-state index in [1.807, 2.05) is 26.0 Å². The molecule has 0 N–H and O–H groups in total. The first kappa shape index (κ1) is 12.5. The molecule has 86 valence electrons. The van der Waals surface area contributed by atoms with E-state index in [4.69, 9.17) is 5.26 Å². The van der Waals surface area contributed by atoms with Crippen LogP contribution in [-0.2, 0) is 5.41 Å². The van der Waals surface area contributed by atoms with E-state index in [0.29, 0.717) is 0 Å². The number of hydrogen-bond acceptors (Lipinski definition) is 2. The fourth-order valence-electron chi connectivity index (χ4n) is 1.76. The largest absolute Gasteiger partial charge is 0.308 e. The van der Waals surface area contributed by atoms with Crippen LogP contribution in [0.15, 0.2) is 16.9 Å². The second-order valence-electron chi connectivity index (χ2n) is 5.26. The van der Waals surface area contributed by atoms with Gasteiger partial charge in [-0.3, -0.25) is 4.79 Å². The van der Waals surface area contributed by atoms with Gasteiger partial charge >= 0.3 is 0 Å². The molecule has 0 aliphatic rings. The molecule has 1 aromatic rings. The highest BCUT2D eigenvalue weighted by molar-refractivity contribution is 5.30. The first-order chi connectivity index (χ1) is 7.29. The number of aromatic nitrogens is 1. The van der Waals surface area contributed by atoms with Gasteiger partial charge in [0.1, 0.15) is 11.6 Å². The van der Waals surface area contributed by atoms with Gasteiger partial charge in [0.05, 0.1) is 0 Å². The Morgan fingerprint density at radius 3 is 2.25 bits per heavy atom. The molecule has 0 bridgehead atoms. The highest BCUT2D eigenvalue weighted by Crippen LogP contribution is 2.23. The van der Waals surface area contributed by atoms with Crippen molar-refractivity contribution >= 4 is 0 Å². The topological polar surface area (TPSA) is 45.8 Å². The van der Waals surface area contributed by atoms with Crippen LogP contribution < -0.4 is 5.56 Å². The third-order valence-corrected chi connectivity index (χ3v) is 2.52. The molecule has 1 aromatic heterocycles. The molecule has 0 aromatic carbocycles. The minimum absolute atomic E-state index is 0.0648. The molecule has 16 heavy (non-hydrogen) atoms. The van der Waals surface area contributed by atoms with E-state index in [9.17, 15) is 4.79 Å². The molecule has 1 heterocycles. The molecule has 3 nitrogen and oxygen atoms in total. The summed E-state index contributed by atoms with van der Waals surface area (Å²) in [5, 5.41) is 8.86. The summed E-state index contributed by atoms with van der Waals surface area (Å²) >= 11 is 0. The van der Waals surface area contributed by atoms with Gasteiger partial charge in [0.15, 0.2) is 0 Å². The predicted octanol–water partition coefficient (Wildman–Crippen LogP) is 2.60. The van der Waals surface area contributed by atoms with E-state index in [-0.39, 0.29) is 22.6 Å². The lowest BCUT2D eigenvalue weighted by atomic mass is 9.90. The maximum atomic E-state index is 12.0. The van der Waals surface area contributed by atoms with Gasteiger partial charge < -0.3 is 4.57 Å². The van der Waals surface area contributed by atoms with Gasteiger partial charge in [-0.25, -0.2) is 0 Å². The van der Waals surface area contributed by atoms with Crippen molar-refractivity contribution in [3.8, 4) is 6.07 Å². The predicted molar refractivity (Wildman–Crippen MR) is 64.5 cm³/mol. The average molecular weight is 218 g/mol. The highest BCUT2D eigenvalue weighted by atomic mass is 16.1. The zero-order valence-electron chi connectivity index (χ0n) is 10.5. The molecule has 0 aliphatic carbocycles. The Hall–Kier alpha value is -1.56. The SMILES string of the molecule is CC(C)n1c(C(C)(C)C)ccc(C#N)c1=O. The molecule has 0 radical (unpaired) electrons. The third-order valence-electron chi connectivity index (χ3n) is 2.52. The molecule has 0 saturated heterocycles. The maximum Gasteiger partial charge on any atom is 0.268 e. The molecule has 0 saturated carbocycles. The number of nitriles is 1. The molecule has 1 rings (SSSR count). The van der Waals surface area contributed by atoms with Gasteiger partial charge in [0.2, 0.25) is 0 Å². The first-order valence-corrected chi connectivity index (χ1v) is 5.45. The molecule has 0 spiro atoms. The number of hydrogen-bond donors (Lipinski definition) is 0. The fraction of sp³-hybridized carbons (Fsp3) is 0.538. The van der Waals surface area contributed by atoms with E-state index in [0.717, 1.165) is 5.69 Å². The van der Waals surface area contributed by atoms with Gasteiger partial charge in [-0.05, 0) is 26.0 Å². The van der Waals surface area contributed by atoms with Crippen molar-refractivity contribution in [3.05, 3.63) is 33.7 Å². The number of rotatable bonds is 1. The van der Waals surface area contributed by atoms with Crippen molar-refractivity contribution < 1.29 is 0 Å². The Morgan fingerprint density at radius 1 is 1.31 bits per heavy atom. The number of nitrogens with zero attached hydrogens (tertiary/aromatic N) is 2. The Labute approximate surface area is 96.3 Å². The average Bonchev–Trinajstić information content (AvgIpc) is 2.15. The zero-order chi connectivity index (χ0) is 12.5. The summed E-state index contributed by atoms with van der Waals surface area (Å²) in [6.45, 7) is 10.1. The summed E-state index contributed by atoms with van der Waals surface area (Å²) in [6.07, 6.45) is 0. The fourth-order valence-corrected chi connectivity index (χ4v) is 1.76. The smallest absolute Gasteiger partial charge is 0.268 e. The minimum Gasteiger partial charge on any atom is -0.308 e. The van der Waals surface area contributed by atoms with Crippen LogP contribution in [0.25, 0.3) is 0 Å². The van der Waals surface area contributed by atoms with Gasteiger partial charge in [0, 0.05) is 17.2 Å². The van der Waals surface area contributed by atoms with Crippen LogP contribution in [0, 0.1) is 11.3 Å². The number of pyridine rings is 1. The first-order valence-electron chi connectivity index (χ1n) is 5.45. The van der Waals surface area contributed by atoms with Crippen LogP contribution in [0.3, 0.4) is 0 Å². The summed E-state index contributed by atoms with van der Waals surface area (Å²) in [6, 6.07) is 5.49. The monoisotopic (exact) mass is 218 g/mol. The minimum atomic E-state index is -0.190. The molecule has 0 fully saturated rings. The van der Waals surface area contributed by atoms with Crippen molar-refractivity contribution in [2.24, 2.45) is 0 Å². The van der Waals surface area contributed by atoms with Crippen molar-refractivity contribution in [2.75, 3.05) is 0 Å². The van der Waals surface area contributed by atoms with Crippen LogP contribution in [0.5, 0.6) is 0 Å². The van der Waals surface area contributed by atoms with Crippen LogP contribution in [0.2, 0.25) is 0 Å². The lowest BCUT2D eigenvalue weighted by molar-refractivity contribution is 0.466. The molecular formula is C13H18N2O. The summed E-state index contributed by atoms with van der Waals surface area (Å²) in [5.74, 6) is 0. The standard InChI is InChI=1S/C13H18N2O/c1-9(2)15-11(13(3,4)5)7-6-10(8-14)12(15)16/h6-7,9H,1-5H3. The summed E-state index contributed by atoms with van der Waals surface area (Å²) in [7, 11) is 0. The van der Waals surface area contributed by atoms with Crippen molar-refractivity contribution in [3.63, 3.8) is 0 Å². The molecule has 3 heteroatoms. The van der Waals surface area contributed by atoms with Crippen molar-refractivity contribution in [2.45, 2.75) is 46.1 Å². The molecule has 0 unspecified atom stereocenters. The van der Waals surface area contributed by atoms with Crippen LogP contribution >= 0.6 is 0 Å². The Morgan fingerprint density at radius 2 is 1.88 bits per heavy atom. The third kappa shape index (κ3) is 2.16. The maximum absolute atomic E-state index is 12.0. The lowest BCUT2D eigenvalue weighted by Gasteiger charge is -2.26. The van der Waals surface area contributed by atoms with E-state index in [2.05, 4.69) is 20.8 Å². The van der Waals surface area contributed by atoms with Crippen LogP contribution in [0.1, 0.15) is 51.9 Å². The molecule has 0 amide bonds.